The molecule has 0 N–H and O–H groups in total. The molecule has 1 saturated heterocycles. The van der Waals surface area contributed by atoms with Crippen LogP contribution < -0.4 is 0 Å². The second-order valence-corrected chi connectivity index (χ2v) is 11.5. The molecular weight excluding hydrogens is 505 g/mol. The van der Waals surface area contributed by atoms with E-state index in [4.69, 9.17) is 16.3 Å². The van der Waals surface area contributed by atoms with Crippen molar-refractivity contribution in [1.82, 2.24) is 14.5 Å². The Morgan fingerprint density at radius 3 is 2.64 bits per heavy atom. The van der Waals surface area contributed by atoms with Crippen LogP contribution in [0.1, 0.15) is 54.3 Å². The summed E-state index contributed by atoms with van der Waals surface area (Å²) in [6.07, 6.45) is 3.14. The topological polar surface area (TPSA) is 81.5 Å². The molecule has 2 heterocycles. The zero-order valence-electron chi connectivity index (χ0n) is 20.2. The van der Waals surface area contributed by atoms with E-state index >= 15 is 0 Å². The van der Waals surface area contributed by atoms with Crippen LogP contribution in [0.3, 0.4) is 0 Å². The fourth-order valence-electron chi connectivity index (χ4n) is 4.41. The molecule has 0 unspecified atom stereocenters. The predicted molar refractivity (Wildman–Crippen MR) is 135 cm³/mol. The van der Waals surface area contributed by atoms with Crippen molar-refractivity contribution < 1.29 is 22.3 Å². The molecule has 1 fully saturated rings. The summed E-state index contributed by atoms with van der Waals surface area (Å²) in [5.74, 6) is -0.958. The molecule has 10 heteroatoms. The van der Waals surface area contributed by atoms with Crippen molar-refractivity contribution in [1.29, 1.82) is 0 Å². The number of ether oxygens (including phenoxy) is 1. The van der Waals surface area contributed by atoms with Gasteiger partial charge in [0, 0.05) is 29.8 Å². The van der Waals surface area contributed by atoms with Crippen LogP contribution in [0.5, 0.6) is 0 Å². The average Bonchev–Trinajstić information content (AvgIpc) is 3.49. The van der Waals surface area contributed by atoms with Crippen LogP contribution in [0.25, 0.3) is 0 Å². The summed E-state index contributed by atoms with van der Waals surface area (Å²) >= 11 is 6.04. The minimum absolute atomic E-state index is 0.0567. The number of imidazole rings is 1. The Kier molecular flexibility index (Phi) is 8.12. The zero-order chi connectivity index (χ0) is 25.9. The SMILES string of the molecule is CC(C)n1c(CN(C[C@@H]2CCCO2)C(=O)c2ccc(F)cc2)cnc1S(=O)(=O)Cc1cccc(Cl)c1. The molecule has 1 atom stereocenters. The number of rotatable bonds is 9. The molecule has 2 aromatic carbocycles. The zero-order valence-corrected chi connectivity index (χ0v) is 21.8. The van der Waals surface area contributed by atoms with Gasteiger partial charge in [0.1, 0.15) is 5.82 Å². The van der Waals surface area contributed by atoms with E-state index < -0.39 is 15.7 Å². The first kappa shape index (κ1) is 26.3. The molecule has 3 aromatic rings. The van der Waals surface area contributed by atoms with E-state index in [2.05, 4.69) is 4.98 Å². The average molecular weight is 534 g/mol. The maximum atomic E-state index is 13.4. The Morgan fingerprint density at radius 1 is 1.25 bits per heavy atom. The van der Waals surface area contributed by atoms with Crippen LogP contribution in [0.2, 0.25) is 5.02 Å². The smallest absolute Gasteiger partial charge is 0.254 e. The van der Waals surface area contributed by atoms with Crippen LogP contribution >= 0.6 is 11.6 Å². The lowest BCUT2D eigenvalue weighted by molar-refractivity contribution is 0.0500. The van der Waals surface area contributed by atoms with Crippen molar-refractivity contribution >= 4 is 27.3 Å². The first-order valence-corrected chi connectivity index (χ1v) is 13.9. The van der Waals surface area contributed by atoms with Gasteiger partial charge >= 0.3 is 0 Å². The van der Waals surface area contributed by atoms with E-state index in [9.17, 15) is 17.6 Å². The van der Waals surface area contributed by atoms with E-state index in [1.807, 2.05) is 13.8 Å². The third-order valence-corrected chi connectivity index (χ3v) is 7.87. The Balaban J connectivity index is 1.65. The molecule has 192 valence electrons. The first-order valence-electron chi connectivity index (χ1n) is 11.8. The summed E-state index contributed by atoms with van der Waals surface area (Å²) in [5.41, 5.74) is 1.50. The van der Waals surface area contributed by atoms with Crippen LogP contribution in [-0.4, -0.2) is 48.0 Å². The van der Waals surface area contributed by atoms with Crippen LogP contribution in [0, 0.1) is 5.82 Å². The number of nitrogens with zero attached hydrogens (tertiary/aromatic N) is 3. The minimum Gasteiger partial charge on any atom is -0.376 e. The summed E-state index contributed by atoms with van der Waals surface area (Å²) < 4.78 is 47.5. The van der Waals surface area contributed by atoms with E-state index in [1.54, 1.807) is 33.7 Å². The third kappa shape index (κ3) is 6.14. The Hall–Kier alpha value is -2.75. The lowest BCUT2D eigenvalue weighted by Crippen LogP contribution is -2.37. The molecule has 0 aliphatic carbocycles. The maximum absolute atomic E-state index is 13.4. The summed E-state index contributed by atoms with van der Waals surface area (Å²) in [4.78, 5) is 19.3. The Bertz CT molecular complexity index is 1320. The largest absolute Gasteiger partial charge is 0.376 e. The number of amides is 1. The van der Waals surface area contributed by atoms with E-state index in [-0.39, 0.29) is 35.5 Å². The van der Waals surface area contributed by atoms with Gasteiger partial charge in [-0.3, -0.25) is 4.79 Å². The maximum Gasteiger partial charge on any atom is 0.254 e. The predicted octanol–water partition coefficient (Wildman–Crippen LogP) is 5.05. The number of carbonyl (C=O) groups is 1. The molecule has 0 spiro atoms. The number of aromatic nitrogens is 2. The minimum atomic E-state index is -3.80. The molecule has 1 aliphatic rings. The van der Waals surface area contributed by atoms with Crippen LogP contribution in [-0.2, 0) is 26.9 Å². The van der Waals surface area contributed by atoms with Gasteiger partial charge in [0.05, 0.1) is 30.3 Å². The molecule has 1 amide bonds. The van der Waals surface area contributed by atoms with Crippen molar-refractivity contribution in [3.63, 3.8) is 0 Å². The Labute approximate surface area is 215 Å². The van der Waals surface area contributed by atoms with E-state index in [0.717, 1.165) is 12.8 Å². The normalized spacial score (nSPS) is 16.0. The van der Waals surface area contributed by atoms with Gasteiger partial charge < -0.3 is 14.2 Å². The van der Waals surface area contributed by atoms with Crippen molar-refractivity contribution in [3.05, 3.63) is 82.4 Å². The van der Waals surface area contributed by atoms with Gasteiger partial charge in [0.2, 0.25) is 15.0 Å². The van der Waals surface area contributed by atoms with E-state index in [1.165, 1.54) is 30.5 Å². The summed E-state index contributed by atoms with van der Waals surface area (Å²) in [6, 6.07) is 11.9. The highest BCUT2D eigenvalue weighted by atomic mass is 35.5. The highest BCUT2D eigenvalue weighted by molar-refractivity contribution is 7.90. The highest BCUT2D eigenvalue weighted by Crippen LogP contribution is 2.25. The van der Waals surface area contributed by atoms with E-state index in [0.29, 0.717) is 35.0 Å². The molecule has 1 aromatic heterocycles. The molecule has 4 rings (SSSR count). The molecule has 7 nitrogen and oxygen atoms in total. The number of hydrogen-bond acceptors (Lipinski definition) is 5. The number of hydrogen-bond donors (Lipinski definition) is 0. The lowest BCUT2D eigenvalue weighted by atomic mass is 10.1. The van der Waals surface area contributed by atoms with Gasteiger partial charge in [0.25, 0.3) is 5.91 Å². The van der Waals surface area contributed by atoms with Crippen molar-refractivity contribution in [2.24, 2.45) is 0 Å². The van der Waals surface area contributed by atoms with Gasteiger partial charge in [-0.05, 0) is 68.7 Å². The molecule has 1 aliphatic heterocycles. The molecular formula is C26H29ClFN3O4S. The fraction of sp³-hybridized carbons (Fsp3) is 0.385. The Morgan fingerprint density at radius 2 is 2.00 bits per heavy atom. The third-order valence-electron chi connectivity index (χ3n) is 6.06. The second kappa shape index (κ2) is 11.1. The van der Waals surface area contributed by atoms with Gasteiger partial charge in [-0.2, -0.15) is 0 Å². The van der Waals surface area contributed by atoms with Crippen molar-refractivity contribution in [3.8, 4) is 0 Å². The number of carbonyl (C=O) groups excluding carboxylic acids is 1. The molecule has 0 radical (unpaired) electrons. The summed E-state index contributed by atoms with van der Waals surface area (Å²) in [5, 5.41) is 0.401. The standard InChI is InChI=1S/C26H29ClFN3O4S/c1-18(2)31-23(14-29-26(31)36(33,34)17-19-5-3-6-21(27)13-19)15-30(16-24-7-4-12-35-24)25(32)20-8-10-22(28)11-9-20/h3,5-6,8-11,13-14,18,24H,4,7,12,15-17H2,1-2H3/t24-/m0/s1. The van der Waals surface area contributed by atoms with Gasteiger partial charge in [-0.25, -0.2) is 17.8 Å². The number of halogens is 2. The van der Waals surface area contributed by atoms with Crippen LogP contribution in [0.15, 0.2) is 59.9 Å². The van der Waals surface area contributed by atoms with Gasteiger partial charge in [-0.1, -0.05) is 23.7 Å². The fourth-order valence-corrected chi connectivity index (χ4v) is 6.21. The summed E-state index contributed by atoms with van der Waals surface area (Å²) in [6.45, 7) is 4.85. The monoisotopic (exact) mass is 533 g/mol. The highest BCUT2D eigenvalue weighted by Gasteiger charge is 2.29. The molecule has 0 bridgehead atoms. The molecule has 0 saturated carbocycles. The number of sulfone groups is 1. The van der Waals surface area contributed by atoms with Gasteiger partial charge in [-0.15, -0.1) is 0 Å². The quantitative estimate of drug-likeness (QED) is 0.384. The first-order chi connectivity index (χ1) is 17.1. The lowest BCUT2D eigenvalue weighted by Gasteiger charge is -2.27. The summed E-state index contributed by atoms with van der Waals surface area (Å²) in [7, 11) is -3.80. The van der Waals surface area contributed by atoms with Crippen LogP contribution in [0.4, 0.5) is 4.39 Å². The van der Waals surface area contributed by atoms with Gasteiger partial charge in [0.15, 0.2) is 0 Å². The number of benzene rings is 2. The molecule has 36 heavy (non-hydrogen) atoms. The van der Waals surface area contributed by atoms with Crippen molar-refractivity contribution in [2.45, 2.75) is 56.3 Å². The van der Waals surface area contributed by atoms with Crippen molar-refractivity contribution in [2.75, 3.05) is 13.2 Å². The second-order valence-electron chi connectivity index (χ2n) is 9.21.